The van der Waals surface area contributed by atoms with Crippen LogP contribution < -0.4 is 11.1 Å². The third kappa shape index (κ3) is 3.59. The number of carbonyl (C=O) groups excluding carboxylic acids is 1. The molecule has 0 radical (unpaired) electrons. The van der Waals surface area contributed by atoms with E-state index in [2.05, 4.69) is 10.3 Å². The second-order valence-electron chi connectivity index (χ2n) is 4.07. The number of nitrogens with one attached hydrogen (secondary N) is 1. The highest BCUT2D eigenvalue weighted by molar-refractivity contribution is 5.92. The van der Waals surface area contributed by atoms with Crippen molar-refractivity contribution in [2.24, 2.45) is 5.73 Å². The van der Waals surface area contributed by atoms with Crippen molar-refractivity contribution < 1.29 is 9.18 Å². The number of hydrogen-bond acceptors (Lipinski definition) is 3. The van der Waals surface area contributed by atoms with Gasteiger partial charge in [0.1, 0.15) is 11.5 Å². The van der Waals surface area contributed by atoms with Crippen LogP contribution in [-0.4, -0.2) is 10.9 Å². The van der Waals surface area contributed by atoms with Gasteiger partial charge in [-0.05, 0) is 29.3 Å². The highest BCUT2D eigenvalue weighted by Crippen LogP contribution is 2.04. The summed E-state index contributed by atoms with van der Waals surface area (Å²) in [6, 6.07) is 9.45. The monoisotopic (exact) mass is 259 g/mol. The molecular weight excluding hydrogens is 245 g/mol. The number of halogens is 1. The summed E-state index contributed by atoms with van der Waals surface area (Å²) in [5.41, 5.74) is 7.33. The normalized spacial score (nSPS) is 10.2. The highest BCUT2D eigenvalue weighted by Gasteiger charge is 2.06. The number of nitrogens with two attached hydrogens (primary N) is 1. The Balaban J connectivity index is 1.97. The van der Waals surface area contributed by atoms with E-state index in [0.717, 1.165) is 5.56 Å². The number of aromatic nitrogens is 1. The van der Waals surface area contributed by atoms with Crippen LogP contribution >= 0.6 is 0 Å². The van der Waals surface area contributed by atoms with E-state index in [1.807, 2.05) is 0 Å². The first-order valence-corrected chi connectivity index (χ1v) is 5.86. The molecule has 2 rings (SSSR count). The molecule has 2 aromatic rings. The number of hydrogen-bond donors (Lipinski definition) is 2. The van der Waals surface area contributed by atoms with E-state index in [4.69, 9.17) is 5.73 Å². The first-order valence-electron chi connectivity index (χ1n) is 5.86. The van der Waals surface area contributed by atoms with Crippen molar-refractivity contribution in [3.05, 3.63) is 65.2 Å². The van der Waals surface area contributed by atoms with Gasteiger partial charge in [0.15, 0.2) is 0 Å². The average Bonchev–Trinajstić information content (AvgIpc) is 2.45. The molecule has 4 nitrogen and oxygen atoms in total. The Morgan fingerprint density at radius 3 is 2.74 bits per heavy atom. The molecule has 0 bridgehead atoms. The third-order valence-electron chi connectivity index (χ3n) is 2.64. The Kier molecular flexibility index (Phi) is 4.20. The lowest BCUT2D eigenvalue weighted by Crippen LogP contribution is -2.23. The second kappa shape index (κ2) is 6.06. The molecule has 0 aliphatic rings. The van der Waals surface area contributed by atoms with Crippen molar-refractivity contribution in [1.82, 2.24) is 10.3 Å². The van der Waals surface area contributed by atoms with Crippen molar-refractivity contribution >= 4 is 5.91 Å². The summed E-state index contributed by atoms with van der Waals surface area (Å²) >= 11 is 0. The van der Waals surface area contributed by atoms with Gasteiger partial charge in [-0.1, -0.05) is 18.2 Å². The first-order chi connectivity index (χ1) is 9.19. The zero-order valence-corrected chi connectivity index (χ0v) is 10.3. The van der Waals surface area contributed by atoms with Crippen LogP contribution in [-0.2, 0) is 13.1 Å². The molecule has 1 heterocycles. The third-order valence-corrected chi connectivity index (χ3v) is 2.64. The van der Waals surface area contributed by atoms with Gasteiger partial charge in [-0.2, -0.15) is 0 Å². The van der Waals surface area contributed by atoms with E-state index < -0.39 is 0 Å². The lowest BCUT2D eigenvalue weighted by Gasteiger charge is -2.05. The van der Waals surface area contributed by atoms with Crippen LogP contribution in [0.1, 0.15) is 21.6 Å². The molecule has 0 fully saturated rings. The standard InChI is InChI=1S/C14H14FN3O/c15-12-3-1-2-10(6-12)8-18-14(19)13-5-4-11(7-16)9-17-13/h1-6,9H,7-8,16H2,(H,18,19). The van der Waals surface area contributed by atoms with Crippen LogP contribution in [0.3, 0.4) is 0 Å². The Morgan fingerprint density at radius 2 is 2.11 bits per heavy atom. The van der Waals surface area contributed by atoms with Gasteiger partial charge >= 0.3 is 0 Å². The maximum absolute atomic E-state index is 13.0. The van der Waals surface area contributed by atoms with E-state index >= 15 is 0 Å². The number of pyridine rings is 1. The fourth-order valence-corrected chi connectivity index (χ4v) is 1.60. The Bertz CT molecular complexity index is 569. The Morgan fingerprint density at radius 1 is 1.26 bits per heavy atom. The summed E-state index contributed by atoms with van der Waals surface area (Å²) in [5, 5.41) is 2.68. The van der Waals surface area contributed by atoms with Gasteiger partial charge in [-0.15, -0.1) is 0 Å². The van der Waals surface area contributed by atoms with Gasteiger partial charge in [0, 0.05) is 19.3 Å². The summed E-state index contributed by atoms with van der Waals surface area (Å²) in [6.07, 6.45) is 1.57. The molecule has 5 heteroatoms. The molecule has 0 saturated carbocycles. The molecule has 1 aromatic carbocycles. The summed E-state index contributed by atoms with van der Waals surface area (Å²) in [4.78, 5) is 15.8. The van der Waals surface area contributed by atoms with Crippen molar-refractivity contribution in [2.45, 2.75) is 13.1 Å². The fourth-order valence-electron chi connectivity index (χ4n) is 1.60. The molecule has 1 amide bonds. The van der Waals surface area contributed by atoms with E-state index in [1.165, 1.54) is 12.1 Å². The maximum atomic E-state index is 13.0. The predicted molar refractivity (Wildman–Crippen MR) is 69.7 cm³/mol. The quantitative estimate of drug-likeness (QED) is 0.876. The molecule has 1 aromatic heterocycles. The number of rotatable bonds is 4. The number of amides is 1. The van der Waals surface area contributed by atoms with Crippen LogP contribution in [0.5, 0.6) is 0 Å². The maximum Gasteiger partial charge on any atom is 0.270 e. The first kappa shape index (κ1) is 13.2. The average molecular weight is 259 g/mol. The van der Waals surface area contributed by atoms with E-state index in [-0.39, 0.29) is 18.3 Å². The largest absolute Gasteiger partial charge is 0.347 e. The second-order valence-corrected chi connectivity index (χ2v) is 4.07. The lowest BCUT2D eigenvalue weighted by atomic mass is 10.2. The molecule has 3 N–H and O–H groups in total. The summed E-state index contributed by atoms with van der Waals surface area (Å²) < 4.78 is 13.0. The minimum atomic E-state index is -0.322. The minimum absolute atomic E-state index is 0.261. The zero-order valence-electron chi connectivity index (χ0n) is 10.3. The van der Waals surface area contributed by atoms with Gasteiger partial charge < -0.3 is 11.1 Å². The molecular formula is C14H14FN3O. The van der Waals surface area contributed by atoms with Crippen LogP contribution in [0.15, 0.2) is 42.6 Å². The van der Waals surface area contributed by atoms with E-state index in [9.17, 15) is 9.18 Å². The Hall–Kier alpha value is -2.27. The van der Waals surface area contributed by atoms with Crippen molar-refractivity contribution in [3.63, 3.8) is 0 Å². The van der Waals surface area contributed by atoms with Gasteiger partial charge in [-0.25, -0.2) is 4.39 Å². The van der Waals surface area contributed by atoms with Crippen LogP contribution in [0.25, 0.3) is 0 Å². The smallest absolute Gasteiger partial charge is 0.270 e. The van der Waals surface area contributed by atoms with Crippen LogP contribution in [0.4, 0.5) is 4.39 Å². The summed E-state index contributed by atoms with van der Waals surface area (Å²) in [5.74, 6) is -0.620. The molecule has 98 valence electrons. The molecule has 0 atom stereocenters. The van der Waals surface area contributed by atoms with E-state index in [0.29, 0.717) is 17.8 Å². The zero-order chi connectivity index (χ0) is 13.7. The number of carbonyl (C=O) groups is 1. The fraction of sp³-hybridized carbons (Fsp3) is 0.143. The predicted octanol–water partition coefficient (Wildman–Crippen LogP) is 1.61. The van der Waals surface area contributed by atoms with Gasteiger partial charge in [0.05, 0.1) is 0 Å². The topological polar surface area (TPSA) is 68.0 Å². The molecule has 19 heavy (non-hydrogen) atoms. The highest BCUT2D eigenvalue weighted by atomic mass is 19.1. The minimum Gasteiger partial charge on any atom is -0.347 e. The molecule has 0 unspecified atom stereocenters. The van der Waals surface area contributed by atoms with Gasteiger partial charge in [0.2, 0.25) is 0 Å². The van der Waals surface area contributed by atoms with Gasteiger partial charge in [0.25, 0.3) is 5.91 Å². The molecule has 0 aliphatic carbocycles. The van der Waals surface area contributed by atoms with Crippen molar-refractivity contribution in [2.75, 3.05) is 0 Å². The molecule has 0 aliphatic heterocycles. The molecule has 0 saturated heterocycles. The van der Waals surface area contributed by atoms with Crippen molar-refractivity contribution in [3.8, 4) is 0 Å². The lowest BCUT2D eigenvalue weighted by molar-refractivity contribution is 0.0946. The van der Waals surface area contributed by atoms with Crippen LogP contribution in [0.2, 0.25) is 0 Å². The van der Waals surface area contributed by atoms with Crippen LogP contribution in [0, 0.1) is 5.82 Å². The summed E-state index contributed by atoms with van der Waals surface area (Å²) in [6.45, 7) is 0.648. The van der Waals surface area contributed by atoms with Crippen molar-refractivity contribution in [1.29, 1.82) is 0 Å². The SMILES string of the molecule is NCc1ccc(C(=O)NCc2cccc(F)c2)nc1. The van der Waals surface area contributed by atoms with E-state index in [1.54, 1.807) is 30.5 Å². The van der Waals surface area contributed by atoms with Gasteiger partial charge in [-0.3, -0.25) is 9.78 Å². The number of benzene rings is 1. The molecule has 0 spiro atoms. The Labute approximate surface area is 110 Å². The summed E-state index contributed by atoms with van der Waals surface area (Å²) in [7, 11) is 0. The number of nitrogens with zero attached hydrogens (tertiary/aromatic N) is 1.